The molecule has 0 radical (unpaired) electrons. The molecular weight excluding hydrogens is 321 g/mol. The molecule has 22 heavy (non-hydrogen) atoms. The molecule has 0 amide bonds. The average molecular weight is 343 g/mol. The number of nitrogens with two attached hydrogens (primary N) is 1. The highest BCUT2D eigenvalue weighted by Crippen LogP contribution is 2.20. The molecule has 0 saturated heterocycles. The minimum absolute atomic E-state index is 0.218. The first-order chi connectivity index (χ1) is 9.81. The van der Waals surface area contributed by atoms with Crippen LogP contribution in [-0.4, -0.2) is 43.2 Å². The molecule has 5 nitrogen and oxygen atoms in total. The first kappa shape index (κ1) is 20.8. The van der Waals surface area contributed by atoms with Crippen LogP contribution in [0.5, 0.6) is 0 Å². The highest BCUT2D eigenvalue weighted by Gasteiger charge is 2.44. The van der Waals surface area contributed by atoms with Gasteiger partial charge in [0.1, 0.15) is 12.7 Å². The highest BCUT2D eigenvalue weighted by molar-refractivity contribution is 7.86. The van der Waals surface area contributed by atoms with E-state index in [0.717, 1.165) is 17.4 Å². The summed E-state index contributed by atoms with van der Waals surface area (Å²) in [7, 11) is -1.48. The molecule has 0 bridgehead atoms. The summed E-state index contributed by atoms with van der Waals surface area (Å²) in [5.74, 6) is 0. The molecular formula is C13H22F3N2O3S+. The summed E-state index contributed by atoms with van der Waals surface area (Å²) < 4.78 is 58.4. The normalized spacial score (nSPS) is 14.0. The lowest BCUT2D eigenvalue weighted by atomic mass is 10.2. The van der Waals surface area contributed by atoms with Gasteiger partial charge < -0.3 is 4.48 Å². The van der Waals surface area contributed by atoms with Crippen LogP contribution >= 0.6 is 0 Å². The number of alkyl halides is 3. The summed E-state index contributed by atoms with van der Waals surface area (Å²) in [4.78, 5) is 0. The van der Waals surface area contributed by atoms with Crippen LogP contribution in [0.4, 0.5) is 13.2 Å². The molecule has 0 aliphatic rings. The maximum atomic E-state index is 10.7. The lowest BCUT2D eigenvalue weighted by molar-refractivity contribution is -0.927. The second kappa shape index (κ2) is 7.91. The fourth-order valence-electron chi connectivity index (χ4n) is 1.67. The summed E-state index contributed by atoms with van der Waals surface area (Å²) >= 11 is 0. The zero-order valence-corrected chi connectivity index (χ0v) is 13.5. The predicted octanol–water partition coefficient (Wildman–Crippen LogP) is 2.35. The van der Waals surface area contributed by atoms with E-state index >= 15 is 0 Å². The third-order valence-electron chi connectivity index (χ3n) is 3.04. The Morgan fingerprint density at radius 1 is 1.23 bits per heavy atom. The van der Waals surface area contributed by atoms with E-state index in [1.165, 1.54) is 5.56 Å². The van der Waals surface area contributed by atoms with Crippen molar-refractivity contribution in [1.82, 2.24) is 0 Å². The van der Waals surface area contributed by atoms with Gasteiger partial charge in [-0.25, -0.2) is 0 Å². The number of hydrogen-bond acceptors (Lipinski definition) is 3. The van der Waals surface area contributed by atoms with Crippen molar-refractivity contribution in [2.24, 2.45) is 5.73 Å². The van der Waals surface area contributed by atoms with Gasteiger partial charge >= 0.3 is 15.6 Å². The number of nitrogens with zero attached hydrogens (tertiary/aromatic N) is 1. The van der Waals surface area contributed by atoms with Crippen LogP contribution in [0.15, 0.2) is 30.3 Å². The topological polar surface area (TPSA) is 80.4 Å². The molecule has 1 unspecified atom stereocenters. The van der Waals surface area contributed by atoms with Crippen LogP contribution in [0.2, 0.25) is 0 Å². The summed E-state index contributed by atoms with van der Waals surface area (Å²) in [6.07, 6.45) is 1.23. The van der Waals surface area contributed by atoms with E-state index in [9.17, 15) is 13.2 Å². The molecule has 128 valence electrons. The maximum Gasteiger partial charge on any atom is 0.522 e. The molecule has 0 fully saturated rings. The van der Waals surface area contributed by atoms with Crippen molar-refractivity contribution in [2.45, 2.75) is 31.6 Å². The maximum absolute atomic E-state index is 10.7. The van der Waals surface area contributed by atoms with Gasteiger partial charge in [-0.1, -0.05) is 37.3 Å². The van der Waals surface area contributed by atoms with Gasteiger partial charge in [-0.2, -0.15) is 21.6 Å². The van der Waals surface area contributed by atoms with Gasteiger partial charge in [-0.15, -0.1) is 0 Å². The summed E-state index contributed by atoms with van der Waals surface area (Å²) in [6, 6.07) is 10.5. The third-order valence-corrected chi connectivity index (χ3v) is 3.63. The summed E-state index contributed by atoms with van der Waals surface area (Å²) in [6.45, 7) is 3.13. The van der Waals surface area contributed by atoms with Crippen LogP contribution in [0, 0.1) is 0 Å². The first-order valence-corrected chi connectivity index (χ1v) is 7.91. The Bertz CT molecular complexity index is 545. The second-order valence-electron chi connectivity index (χ2n) is 5.32. The smallest absolute Gasteiger partial charge is 0.310 e. The molecule has 3 N–H and O–H groups in total. The zero-order valence-electron chi connectivity index (χ0n) is 12.7. The molecule has 1 aromatic rings. The Morgan fingerprint density at radius 3 is 1.95 bits per heavy atom. The minimum atomic E-state index is -5.84. The number of hydrogen-bond donors (Lipinski definition) is 2. The van der Waals surface area contributed by atoms with Crippen LogP contribution in [0.25, 0.3) is 0 Å². The number of rotatable bonds is 4. The minimum Gasteiger partial charge on any atom is -0.310 e. The Balaban J connectivity index is 0.000000472. The molecule has 0 heterocycles. The van der Waals surface area contributed by atoms with E-state index < -0.39 is 15.6 Å². The van der Waals surface area contributed by atoms with Gasteiger partial charge in [-0.3, -0.25) is 10.3 Å². The highest BCUT2D eigenvalue weighted by atomic mass is 32.2. The summed E-state index contributed by atoms with van der Waals surface area (Å²) in [5.41, 5.74) is 1.88. The Labute approximate surface area is 128 Å². The quantitative estimate of drug-likeness (QED) is 0.381. The van der Waals surface area contributed by atoms with E-state index in [1.54, 1.807) is 0 Å². The van der Waals surface area contributed by atoms with Crippen molar-refractivity contribution in [2.75, 3.05) is 14.1 Å². The monoisotopic (exact) mass is 343 g/mol. The van der Waals surface area contributed by atoms with E-state index in [1.807, 2.05) is 6.07 Å². The standard InChI is InChI=1S/C12H21N2.CHF3O3S/c1-4-12(13)14(2,3)10-11-8-6-5-7-9-11;2-1(3,4)8(5,6)7/h5-9,12H,4,10,13H2,1-3H3;(H,5,6,7)/q+1;. The van der Waals surface area contributed by atoms with Crippen molar-refractivity contribution >= 4 is 10.1 Å². The van der Waals surface area contributed by atoms with E-state index in [4.69, 9.17) is 18.7 Å². The van der Waals surface area contributed by atoms with Gasteiger partial charge in [0.15, 0.2) is 0 Å². The molecule has 0 spiro atoms. The van der Waals surface area contributed by atoms with Gasteiger partial charge in [0, 0.05) is 12.0 Å². The molecule has 0 aliphatic carbocycles. The number of benzene rings is 1. The third kappa shape index (κ3) is 7.21. The predicted molar refractivity (Wildman–Crippen MR) is 78.1 cm³/mol. The first-order valence-electron chi connectivity index (χ1n) is 6.47. The molecule has 9 heteroatoms. The van der Waals surface area contributed by atoms with Gasteiger partial charge in [0.2, 0.25) is 0 Å². The molecule has 1 atom stereocenters. The largest absolute Gasteiger partial charge is 0.522 e. The van der Waals surface area contributed by atoms with Crippen LogP contribution < -0.4 is 5.73 Å². The van der Waals surface area contributed by atoms with E-state index in [0.29, 0.717) is 0 Å². The average Bonchev–Trinajstić information content (AvgIpc) is 2.36. The van der Waals surface area contributed by atoms with Gasteiger partial charge in [0.05, 0.1) is 14.1 Å². The molecule has 1 rings (SSSR count). The number of halogens is 3. The van der Waals surface area contributed by atoms with Crippen molar-refractivity contribution in [3.63, 3.8) is 0 Å². The van der Waals surface area contributed by atoms with Crippen LogP contribution in [0.1, 0.15) is 18.9 Å². The van der Waals surface area contributed by atoms with E-state index in [-0.39, 0.29) is 6.17 Å². The Hall–Kier alpha value is -1.16. The zero-order chi connectivity index (χ0) is 17.6. The van der Waals surface area contributed by atoms with Crippen LogP contribution in [-0.2, 0) is 16.7 Å². The Kier molecular flexibility index (Phi) is 7.49. The fraction of sp³-hybridized carbons (Fsp3) is 0.538. The fourth-order valence-corrected chi connectivity index (χ4v) is 1.67. The molecule has 1 aromatic carbocycles. The molecule has 0 saturated carbocycles. The van der Waals surface area contributed by atoms with Crippen molar-refractivity contribution in [3.8, 4) is 0 Å². The van der Waals surface area contributed by atoms with Gasteiger partial charge in [-0.05, 0) is 0 Å². The van der Waals surface area contributed by atoms with Crippen molar-refractivity contribution in [1.29, 1.82) is 0 Å². The van der Waals surface area contributed by atoms with Crippen molar-refractivity contribution < 1.29 is 30.6 Å². The van der Waals surface area contributed by atoms with Crippen LogP contribution in [0.3, 0.4) is 0 Å². The molecule has 0 aromatic heterocycles. The Morgan fingerprint density at radius 2 is 1.64 bits per heavy atom. The van der Waals surface area contributed by atoms with Crippen molar-refractivity contribution in [3.05, 3.63) is 35.9 Å². The number of quaternary nitrogens is 1. The van der Waals surface area contributed by atoms with E-state index in [2.05, 4.69) is 45.3 Å². The second-order valence-corrected chi connectivity index (χ2v) is 6.73. The summed E-state index contributed by atoms with van der Waals surface area (Å²) in [5, 5.41) is 0. The molecule has 0 aliphatic heterocycles. The SMILES string of the molecule is CCC(N)[N+](C)(C)Cc1ccccc1.O=S(=O)(O)C(F)(F)F. The lowest BCUT2D eigenvalue weighted by Crippen LogP contribution is -2.52. The lowest BCUT2D eigenvalue weighted by Gasteiger charge is -2.35. The van der Waals surface area contributed by atoms with Gasteiger partial charge in [0.25, 0.3) is 0 Å².